The Morgan fingerprint density at radius 2 is 1.94 bits per heavy atom. The van der Waals surface area contributed by atoms with Crippen LogP contribution in [0.1, 0.15) is 0 Å². The second kappa shape index (κ2) is 4.69. The van der Waals surface area contributed by atoms with Gasteiger partial charge in [0.1, 0.15) is 0 Å². The smallest absolute Gasteiger partial charge is 0.445 e. The molecule has 8 heteroatoms. The number of aromatic amines is 1. The number of benzene rings is 1. The van der Waals surface area contributed by atoms with Crippen molar-refractivity contribution in [3.63, 3.8) is 0 Å². The fourth-order valence-electron chi connectivity index (χ4n) is 1.55. The fourth-order valence-corrected chi connectivity index (χ4v) is 1.55. The van der Waals surface area contributed by atoms with E-state index in [2.05, 4.69) is 4.98 Å². The van der Waals surface area contributed by atoms with Crippen molar-refractivity contribution >= 4 is 23.5 Å². The molecular weight excluding hydrogens is 247 g/mol. The van der Waals surface area contributed by atoms with E-state index in [0.29, 0.717) is 0 Å². The van der Waals surface area contributed by atoms with Crippen molar-refractivity contribution in [3.05, 3.63) is 28.7 Å². The summed E-state index contributed by atoms with van der Waals surface area (Å²) in [6, 6.07) is 3.73. The molecule has 0 atom stereocenters. The molecule has 0 bridgehead atoms. The number of fused-ring (bicyclic) bond motifs is 1. The number of aromatic nitrogens is 2. The number of halogens is 3. The monoisotopic (exact) mass is 254 g/mol. The minimum Gasteiger partial charge on any atom is -0.445 e. The van der Waals surface area contributed by atoms with Crippen LogP contribution < -0.4 is 62.5 Å². The summed E-state index contributed by atoms with van der Waals surface area (Å²) in [6.07, 6.45) is 0. The molecule has 16 heavy (non-hydrogen) atoms. The summed E-state index contributed by atoms with van der Waals surface area (Å²) in [5, 5.41) is 0. The van der Waals surface area contributed by atoms with Crippen LogP contribution in [-0.4, -0.2) is 16.5 Å². The number of hydrogen-bond donors (Lipinski definition) is 1. The van der Waals surface area contributed by atoms with Gasteiger partial charge >= 0.3 is 64.1 Å². The third-order valence-corrected chi connectivity index (χ3v) is 2.33. The van der Waals surface area contributed by atoms with Gasteiger partial charge in [-0.2, -0.15) is 0 Å². The molecule has 0 amide bonds. The fraction of sp³-hybridized carbons (Fsp3) is 0.125. The Bertz CT molecular complexity index is 575. The van der Waals surface area contributed by atoms with Gasteiger partial charge in [-0.05, 0) is 6.07 Å². The number of hydrogen-bond acceptors (Lipinski definition) is 1. The summed E-state index contributed by atoms with van der Waals surface area (Å²) in [4.78, 5) is 13.4. The summed E-state index contributed by atoms with van der Waals surface area (Å²) in [5.74, 6) is 0. The normalized spacial score (nSPS) is 11.5. The van der Waals surface area contributed by atoms with E-state index in [1.54, 1.807) is 0 Å². The molecule has 2 rings (SSSR count). The minimum atomic E-state index is -5.10. The first-order chi connectivity index (χ1) is 6.91. The maximum absolute atomic E-state index is 12.6. The zero-order chi connectivity index (χ0) is 11.2. The third kappa shape index (κ3) is 2.30. The van der Waals surface area contributed by atoms with Gasteiger partial charge in [-0.25, -0.2) is 4.79 Å². The molecule has 1 N–H and O–H groups in total. The van der Waals surface area contributed by atoms with Crippen molar-refractivity contribution in [2.75, 3.05) is 0 Å². The Morgan fingerprint density at radius 1 is 1.31 bits per heavy atom. The van der Waals surface area contributed by atoms with E-state index in [-0.39, 0.29) is 62.4 Å². The van der Waals surface area contributed by atoms with Crippen molar-refractivity contribution in [1.29, 1.82) is 0 Å². The van der Waals surface area contributed by atoms with E-state index in [9.17, 15) is 17.7 Å². The maximum Gasteiger partial charge on any atom is 1.00 e. The number of aryl methyl sites for hydroxylation is 1. The molecule has 80 valence electrons. The van der Waals surface area contributed by atoms with Gasteiger partial charge in [0.15, 0.2) is 0 Å². The first kappa shape index (κ1) is 14.0. The van der Waals surface area contributed by atoms with Crippen LogP contribution in [0.25, 0.3) is 11.0 Å². The van der Waals surface area contributed by atoms with Gasteiger partial charge in [-0.1, -0.05) is 17.6 Å². The van der Waals surface area contributed by atoms with Crippen LogP contribution in [0.15, 0.2) is 23.0 Å². The summed E-state index contributed by atoms with van der Waals surface area (Å²) < 4.78 is 38.9. The van der Waals surface area contributed by atoms with Crippen molar-refractivity contribution in [1.82, 2.24) is 9.55 Å². The van der Waals surface area contributed by atoms with Gasteiger partial charge in [0.05, 0.1) is 5.52 Å². The number of imidazole rings is 1. The van der Waals surface area contributed by atoms with E-state index in [4.69, 9.17) is 0 Å². The maximum atomic E-state index is 12.6. The first-order valence-corrected chi connectivity index (χ1v) is 4.29. The number of nitrogens with zero attached hydrogens (tertiary/aromatic N) is 1. The largest absolute Gasteiger partial charge is 1.00 e. The van der Waals surface area contributed by atoms with Crippen molar-refractivity contribution in [3.8, 4) is 0 Å². The Hall–Kier alpha value is -0.0187. The average Bonchev–Trinajstić information content (AvgIpc) is 2.41. The average molecular weight is 254 g/mol. The van der Waals surface area contributed by atoms with Gasteiger partial charge in [-0.3, -0.25) is 4.57 Å². The second-order valence-corrected chi connectivity index (χ2v) is 3.31. The molecule has 0 aliphatic carbocycles. The van der Waals surface area contributed by atoms with E-state index in [0.717, 1.165) is 10.6 Å². The number of para-hydroxylation sites is 1. The van der Waals surface area contributed by atoms with Gasteiger partial charge < -0.3 is 17.9 Å². The molecule has 0 saturated carbocycles. The van der Waals surface area contributed by atoms with Crippen LogP contribution >= 0.6 is 0 Å². The molecule has 2 aromatic rings. The van der Waals surface area contributed by atoms with Crippen LogP contribution in [0.3, 0.4) is 0 Å². The number of rotatable bonds is 1. The Kier molecular flexibility index (Phi) is 4.12. The zero-order valence-electron chi connectivity index (χ0n) is 8.80. The molecule has 0 spiro atoms. The van der Waals surface area contributed by atoms with Crippen molar-refractivity contribution < 1.29 is 64.3 Å². The molecule has 1 aromatic heterocycles. The molecule has 0 unspecified atom stereocenters. The first-order valence-electron chi connectivity index (χ1n) is 4.29. The van der Waals surface area contributed by atoms with Crippen LogP contribution in [0, 0.1) is 0 Å². The molecule has 0 aliphatic heterocycles. The molecule has 0 radical (unpaired) electrons. The molecule has 3 nitrogen and oxygen atoms in total. The predicted octanol–water partition coefficient (Wildman–Crippen LogP) is -2.07. The molecule has 1 aromatic carbocycles. The van der Waals surface area contributed by atoms with Gasteiger partial charge in [0.2, 0.25) is 0 Å². The summed E-state index contributed by atoms with van der Waals surface area (Å²) in [5.41, 5.74) is -1.18. The van der Waals surface area contributed by atoms with Gasteiger partial charge in [0, 0.05) is 12.6 Å². The van der Waals surface area contributed by atoms with Crippen LogP contribution in [0.2, 0.25) is 0 Å². The van der Waals surface area contributed by atoms with Gasteiger partial charge in [-0.15, -0.1) is 0 Å². The minimum absolute atomic E-state index is 0. The summed E-state index contributed by atoms with van der Waals surface area (Å²) in [7, 11) is 1.42. The van der Waals surface area contributed by atoms with Crippen LogP contribution in [-0.2, 0) is 7.05 Å². The zero-order valence-corrected chi connectivity index (χ0v) is 11.9. The van der Waals surface area contributed by atoms with Crippen molar-refractivity contribution in [2.45, 2.75) is 0 Å². The Morgan fingerprint density at radius 3 is 2.50 bits per heavy atom. The third-order valence-electron chi connectivity index (χ3n) is 2.33. The molecule has 0 aliphatic rings. The van der Waals surface area contributed by atoms with Gasteiger partial charge in [0.25, 0.3) is 0 Å². The van der Waals surface area contributed by atoms with Crippen molar-refractivity contribution in [2.24, 2.45) is 7.05 Å². The second-order valence-electron chi connectivity index (χ2n) is 3.31. The molecule has 0 fully saturated rings. The summed E-state index contributed by atoms with van der Waals surface area (Å²) >= 11 is 0. The van der Waals surface area contributed by atoms with E-state index < -0.39 is 18.1 Å². The number of H-pyrrole nitrogens is 1. The summed E-state index contributed by atoms with van der Waals surface area (Å²) in [6.45, 7) is -5.10. The van der Waals surface area contributed by atoms with E-state index in [1.807, 2.05) is 0 Å². The molecule has 1 heterocycles. The quantitative estimate of drug-likeness (QED) is 0.583. The SMILES string of the molecule is Cn1c(=O)[nH]c2c([B-](F)(F)F)cccc21.[K+]. The van der Waals surface area contributed by atoms with Crippen LogP contribution in [0.5, 0.6) is 0 Å². The Balaban J connectivity index is 0.00000128. The molecular formula is C8H7BF3KN2O. The predicted molar refractivity (Wildman–Crippen MR) is 52.3 cm³/mol. The Labute approximate surface area is 132 Å². The standard InChI is InChI=1S/C8H7BF3N2O.K/c1-14-6-4-2-3-5(9(10,11)12)7(6)13-8(14)15;/h2-4H,1H3,(H,13,15);/q-1;+1. The topological polar surface area (TPSA) is 37.8 Å². The van der Waals surface area contributed by atoms with E-state index in [1.165, 1.54) is 19.2 Å². The molecule has 0 saturated heterocycles. The van der Waals surface area contributed by atoms with E-state index >= 15 is 0 Å². The van der Waals surface area contributed by atoms with Crippen LogP contribution in [0.4, 0.5) is 12.9 Å². The number of nitrogens with one attached hydrogen (secondary N) is 1.